The van der Waals surface area contributed by atoms with Crippen LogP contribution in [0.4, 0.5) is 0 Å². The van der Waals surface area contributed by atoms with Gasteiger partial charge in [0.15, 0.2) is 15.4 Å². The summed E-state index contributed by atoms with van der Waals surface area (Å²) < 4.78 is 28.8. The van der Waals surface area contributed by atoms with Gasteiger partial charge in [-0.25, -0.2) is 13.2 Å². The molecule has 0 aromatic rings. The van der Waals surface area contributed by atoms with Gasteiger partial charge in [0.05, 0.1) is 11.9 Å². The standard InChI is InChI=1S/C12H21NO6S/c1-12(8-19-2,11(15)16)13-10(14)7-20(17,18)9-5-3-4-6-9/h9H,3-8H2,1-2H3,(H,13,14)(H,15,16). The highest BCUT2D eigenvalue weighted by atomic mass is 32.2. The molecule has 1 rings (SSSR count). The average molecular weight is 307 g/mol. The Balaban J connectivity index is 2.68. The number of carbonyl (C=O) groups is 2. The molecule has 7 nitrogen and oxygen atoms in total. The highest BCUT2D eigenvalue weighted by molar-refractivity contribution is 7.92. The van der Waals surface area contributed by atoms with Crippen molar-refractivity contribution in [3.8, 4) is 0 Å². The predicted octanol–water partition coefficient (Wildman–Crippen LogP) is -0.0503. The van der Waals surface area contributed by atoms with E-state index in [0.29, 0.717) is 12.8 Å². The molecule has 0 spiro atoms. The van der Waals surface area contributed by atoms with Gasteiger partial charge in [-0.15, -0.1) is 0 Å². The average Bonchev–Trinajstić information content (AvgIpc) is 2.81. The van der Waals surface area contributed by atoms with Gasteiger partial charge in [0.1, 0.15) is 5.75 Å². The molecular weight excluding hydrogens is 286 g/mol. The lowest BCUT2D eigenvalue weighted by atomic mass is 10.0. The number of amides is 1. The normalized spacial score (nSPS) is 19.5. The summed E-state index contributed by atoms with van der Waals surface area (Å²) in [7, 11) is -2.21. The largest absolute Gasteiger partial charge is 0.479 e. The highest BCUT2D eigenvalue weighted by Gasteiger charge is 2.37. The minimum Gasteiger partial charge on any atom is -0.479 e. The minimum absolute atomic E-state index is 0.239. The molecule has 0 aromatic carbocycles. The lowest BCUT2D eigenvalue weighted by molar-refractivity contribution is -0.148. The Hall–Kier alpha value is -1.15. The van der Waals surface area contributed by atoms with Crippen LogP contribution in [0, 0.1) is 0 Å². The molecule has 0 saturated heterocycles. The van der Waals surface area contributed by atoms with E-state index in [1.165, 1.54) is 14.0 Å². The van der Waals surface area contributed by atoms with E-state index in [2.05, 4.69) is 5.32 Å². The van der Waals surface area contributed by atoms with Gasteiger partial charge in [0.2, 0.25) is 5.91 Å². The number of sulfone groups is 1. The lowest BCUT2D eigenvalue weighted by Gasteiger charge is -2.25. The highest BCUT2D eigenvalue weighted by Crippen LogP contribution is 2.25. The fourth-order valence-corrected chi connectivity index (χ4v) is 4.06. The maximum atomic E-state index is 12.0. The molecule has 116 valence electrons. The second kappa shape index (κ2) is 6.53. The number of methoxy groups -OCH3 is 1. The molecular formula is C12H21NO6S. The van der Waals surface area contributed by atoms with E-state index in [0.717, 1.165) is 12.8 Å². The van der Waals surface area contributed by atoms with Gasteiger partial charge in [-0.2, -0.15) is 0 Å². The van der Waals surface area contributed by atoms with E-state index >= 15 is 0 Å². The first-order valence-corrected chi connectivity index (χ1v) is 8.18. The molecule has 20 heavy (non-hydrogen) atoms. The third-order valence-electron chi connectivity index (χ3n) is 3.46. The molecule has 8 heteroatoms. The van der Waals surface area contributed by atoms with Crippen molar-refractivity contribution in [2.75, 3.05) is 19.5 Å². The Morgan fingerprint density at radius 2 is 1.90 bits per heavy atom. The van der Waals surface area contributed by atoms with Crippen molar-refractivity contribution in [2.45, 2.75) is 43.4 Å². The molecule has 1 unspecified atom stereocenters. The van der Waals surface area contributed by atoms with Crippen LogP contribution < -0.4 is 5.32 Å². The zero-order valence-electron chi connectivity index (χ0n) is 11.7. The zero-order valence-corrected chi connectivity index (χ0v) is 12.5. The van der Waals surface area contributed by atoms with Crippen molar-refractivity contribution in [1.82, 2.24) is 5.32 Å². The number of aliphatic carboxylic acids is 1. The molecule has 1 fully saturated rings. The van der Waals surface area contributed by atoms with Crippen LogP contribution in [0.5, 0.6) is 0 Å². The molecule has 0 heterocycles. The molecule has 0 aromatic heterocycles. The number of carbonyl (C=O) groups excluding carboxylic acids is 1. The Bertz CT molecular complexity index is 468. The number of ether oxygens (including phenoxy) is 1. The van der Waals surface area contributed by atoms with Gasteiger partial charge in [-0.1, -0.05) is 12.8 Å². The molecule has 1 aliphatic carbocycles. The van der Waals surface area contributed by atoms with Gasteiger partial charge in [0, 0.05) is 7.11 Å². The maximum absolute atomic E-state index is 12.0. The van der Waals surface area contributed by atoms with Crippen molar-refractivity contribution >= 4 is 21.7 Å². The first-order chi connectivity index (χ1) is 9.21. The second-order valence-corrected chi connectivity index (χ2v) is 7.61. The van der Waals surface area contributed by atoms with Gasteiger partial charge in [-0.05, 0) is 19.8 Å². The fraction of sp³-hybridized carbons (Fsp3) is 0.833. The summed E-state index contributed by atoms with van der Waals surface area (Å²) in [5.74, 6) is -2.76. The van der Waals surface area contributed by atoms with E-state index in [1.54, 1.807) is 0 Å². The SMILES string of the molecule is COCC(C)(NC(=O)CS(=O)(=O)C1CCCC1)C(=O)O. The molecule has 2 N–H and O–H groups in total. The summed E-state index contributed by atoms with van der Waals surface area (Å²) in [5, 5.41) is 10.8. The molecule has 0 aliphatic heterocycles. The Morgan fingerprint density at radius 3 is 2.35 bits per heavy atom. The maximum Gasteiger partial charge on any atom is 0.331 e. The smallest absolute Gasteiger partial charge is 0.331 e. The van der Waals surface area contributed by atoms with E-state index in [-0.39, 0.29) is 6.61 Å². The van der Waals surface area contributed by atoms with Crippen molar-refractivity contribution in [3.63, 3.8) is 0 Å². The van der Waals surface area contributed by atoms with Crippen molar-refractivity contribution in [1.29, 1.82) is 0 Å². The van der Waals surface area contributed by atoms with E-state index in [1.807, 2.05) is 0 Å². The third-order valence-corrected chi connectivity index (χ3v) is 5.61. The molecule has 1 atom stereocenters. The molecule has 0 bridgehead atoms. The molecule has 1 saturated carbocycles. The summed E-state index contributed by atoms with van der Waals surface area (Å²) >= 11 is 0. The van der Waals surface area contributed by atoms with E-state index < -0.39 is 38.3 Å². The number of hydrogen-bond acceptors (Lipinski definition) is 5. The first-order valence-electron chi connectivity index (χ1n) is 6.46. The van der Waals surface area contributed by atoms with Gasteiger partial charge in [0.25, 0.3) is 0 Å². The summed E-state index contributed by atoms with van der Waals surface area (Å²) in [4.78, 5) is 22.9. The minimum atomic E-state index is -3.52. The second-order valence-electron chi connectivity index (χ2n) is 5.33. The Kier molecular flexibility index (Phi) is 5.52. The number of hydrogen-bond donors (Lipinski definition) is 2. The van der Waals surface area contributed by atoms with E-state index in [9.17, 15) is 18.0 Å². The lowest BCUT2D eigenvalue weighted by Crippen LogP contribution is -2.56. The quantitative estimate of drug-likeness (QED) is 0.682. The zero-order chi connectivity index (χ0) is 15.4. The fourth-order valence-electron chi connectivity index (χ4n) is 2.33. The van der Waals surface area contributed by atoms with Gasteiger partial charge < -0.3 is 15.2 Å². The summed E-state index contributed by atoms with van der Waals surface area (Å²) in [6.45, 7) is 1.04. The number of rotatable bonds is 7. The number of nitrogens with one attached hydrogen (secondary N) is 1. The van der Waals surface area contributed by atoms with Crippen molar-refractivity contribution < 1.29 is 27.9 Å². The first kappa shape index (κ1) is 16.9. The van der Waals surface area contributed by atoms with Crippen LogP contribution in [0.1, 0.15) is 32.6 Å². The Morgan fingerprint density at radius 1 is 1.35 bits per heavy atom. The van der Waals surface area contributed by atoms with Crippen molar-refractivity contribution in [2.24, 2.45) is 0 Å². The van der Waals surface area contributed by atoms with Crippen LogP contribution in [0.15, 0.2) is 0 Å². The van der Waals surface area contributed by atoms with Crippen LogP contribution in [0.3, 0.4) is 0 Å². The van der Waals surface area contributed by atoms with Crippen molar-refractivity contribution in [3.05, 3.63) is 0 Å². The van der Waals surface area contributed by atoms with Gasteiger partial charge >= 0.3 is 5.97 Å². The number of carboxylic acids is 1. The molecule has 1 amide bonds. The Labute approximate surface area is 118 Å². The summed E-state index contributed by atoms with van der Waals surface area (Å²) in [6, 6.07) is 0. The molecule has 1 aliphatic rings. The predicted molar refractivity (Wildman–Crippen MR) is 72.1 cm³/mol. The third kappa shape index (κ3) is 4.17. The van der Waals surface area contributed by atoms with Crippen LogP contribution in [0.2, 0.25) is 0 Å². The number of carboxylic acid groups (broad SMARTS) is 1. The van der Waals surface area contributed by atoms with Crippen LogP contribution >= 0.6 is 0 Å². The van der Waals surface area contributed by atoms with Crippen LogP contribution in [0.25, 0.3) is 0 Å². The molecule has 0 radical (unpaired) electrons. The van der Waals surface area contributed by atoms with Gasteiger partial charge in [-0.3, -0.25) is 4.79 Å². The van der Waals surface area contributed by atoms with Crippen LogP contribution in [-0.4, -0.2) is 55.7 Å². The monoisotopic (exact) mass is 307 g/mol. The summed E-state index contributed by atoms with van der Waals surface area (Å²) in [5.41, 5.74) is -1.63. The summed E-state index contributed by atoms with van der Waals surface area (Å²) in [6.07, 6.45) is 2.85. The topological polar surface area (TPSA) is 110 Å². The van der Waals surface area contributed by atoms with E-state index in [4.69, 9.17) is 9.84 Å². The van der Waals surface area contributed by atoms with Crippen LogP contribution in [-0.2, 0) is 24.2 Å².